The Balaban J connectivity index is 1.56. The number of likely N-dealkylation sites (tertiary alicyclic amines) is 1. The zero-order valence-corrected chi connectivity index (χ0v) is 16.4. The van der Waals surface area contributed by atoms with Gasteiger partial charge < -0.3 is 25.0 Å². The predicted octanol–water partition coefficient (Wildman–Crippen LogP) is 2.63. The number of rotatable bonds is 8. The smallest absolute Gasteiger partial charge is 0.409 e. The molecule has 1 aromatic rings. The molecule has 1 heterocycles. The molecule has 0 aromatic heterocycles. The average molecular weight is 377 g/mol. The van der Waals surface area contributed by atoms with E-state index in [4.69, 9.17) is 9.47 Å². The SMILES string of the molecule is CCOC(=O)N1CCC(NC(=NC)NCCCCOc2ccccc2)CC1. The van der Waals surface area contributed by atoms with Gasteiger partial charge in [-0.05, 0) is 44.7 Å². The van der Waals surface area contributed by atoms with Crippen molar-refractivity contribution in [2.45, 2.75) is 38.6 Å². The second-order valence-electron chi connectivity index (χ2n) is 6.47. The Bertz CT molecular complexity index is 572. The molecular formula is C20H32N4O3. The Morgan fingerprint density at radius 2 is 1.96 bits per heavy atom. The number of guanidine groups is 1. The van der Waals surface area contributed by atoms with E-state index in [-0.39, 0.29) is 6.09 Å². The standard InChI is InChI=1S/C20H32N4O3/c1-3-26-20(25)24-14-11-17(12-15-24)23-19(21-2)22-13-7-8-16-27-18-9-5-4-6-10-18/h4-6,9-10,17H,3,7-8,11-16H2,1-2H3,(H2,21,22,23). The Hall–Kier alpha value is -2.44. The first-order valence-corrected chi connectivity index (χ1v) is 9.79. The summed E-state index contributed by atoms with van der Waals surface area (Å²) in [7, 11) is 1.78. The molecule has 0 spiro atoms. The van der Waals surface area contributed by atoms with Crippen molar-refractivity contribution in [3.63, 3.8) is 0 Å². The summed E-state index contributed by atoms with van der Waals surface area (Å²) in [5.41, 5.74) is 0. The number of benzene rings is 1. The molecule has 27 heavy (non-hydrogen) atoms. The van der Waals surface area contributed by atoms with Gasteiger partial charge in [-0.2, -0.15) is 0 Å². The molecule has 0 aliphatic carbocycles. The molecule has 2 N–H and O–H groups in total. The largest absolute Gasteiger partial charge is 0.494 e. The zero-order chi connectivity index (χ0) is 19.3. The number of hydrogen-bond acceptors (Lipinski definition) is 4. The van der Waals surface area contributed by atoms with Gasteiger partial charge in [0.05, 0.1) is 13.2 Å². The molecular weight excluding hydrogens is 344 g/mol. The number of carbonyl (C=O) groups is 1. The molecule has 1 aromatic carbocycles. The topological polar surface area (TPSA) is 75.2 Å². The maximum Gasteiger partial charge on any atom is 0.409 e. The van der Waals surface area contributed by atoms with Crippen molar-refractivity contribution in [2.75, 3.05) is 39.9 Å². The number of para-hydroxylation sites is 1. The molecule has 7 nitrogen and oxygen atoms in total. The summed E-state index contributed by atoms with van der Waals surface area (Å²) in [6.07, 6.45) is 3.57. The number of amides is 1. The summed E-state index contributed by atoms with van der Waals surface area (Å²) < 4.78 is 10.7. The van der Waals surface area contributed by atoms with Crippen molar-refractivity contribution >= 4 is 12.1 Å². The third-order valence-corrected chi connectivity index (χ3v) is 4.46. The van der Waals surface area contributed by atoms with Gasteiger partial charge in [-0.25, -0.2) is 4.79 Å². The maximum absolute atomic E-state index is 11.7. The molecule has 0 saturated carbocycles. The van der Waals surface area contributed by atoms with E-state index in [1.165, 1.54) is 0 Å². The summed E-state index contributed by atoms with van der Waals surface area (Å²) >= 11 is 0. The number of nitrogens with one attached hydrogen (secondary N) is 2. The van der Waals surface area contributed by atoms with Crippen LogP contribution in [-0.2, 0) is 4.74 Å². The van der Waals surface area contributed by atoms with Crippen molar-refractivity contribution < 1.29 is 14.3 Å². The van der Waals surface area contributed by atoms with E-state index in [2.05, 4.69) is 15.6 Å². The second kappa shape index (κ2) is 12.0. The number of aliphatic imine (C=N–C) groups is 1. The van der Waals surface area contributed by atoms with Crippen LogP contribution in [0.4, 0.5) is 4.79 Å². The van der Waals surface area contributed by atoms with Gasteiger partial charge in [0.2, 0.25) is 0 Å². The lowest BCUT2D eigenvalue weighted by atomic mass is 10.1. The van der Waals surface area contributed by atoms with Gasteiger partial charge in [0.1, 0.15) is 5.75 Å². The summed E-state index contributed by atoms with van der Waals surface area (Å²) in [5.74, 6) is 1.73. The van der Waals surface area contributed by atoms with Crippen molar-refractivity contribution in [1.29, 1.82) is 0 Å². The van der Waals surface area contributed by atoms with Crippen LogP contribution in [0.3, 0.4) is 0 Å². The number of nitrogens with zero attached hydrogens (tertiary/aromatic N) is 2. The summed E-state index contributed by atoms with van der Waals surface area (Å²) in [6.45, 7) is 5.23. The summed E-state index contributed by atoms with van der Waals surface area (Å²) in [6, 6.07) is 10.2. The lowest BCUT2D eigenvalue weighted by Gasteiger charge is -2.32. The van der Waals surface area contributed by atoms with Crippen LogP contribution in [0.25, 0.3) is 0 Å². The van der Waals surface area contributed by atoms with Gasteiger partial charge >= 0.3 is 6.09 Å². The molecule has 0 unspecified atom stereocenters. The highest BCUT2D eigenvalue weighted by molar-refractivity contribution is 5.80. The minimum atomic E-state index is -0.212. The number of piperidine rings is 1. The van der Waals surface area contributed by atoms with Crippen LogP contribution in [0.2, 0.25) is 0 Å². The van der Waals surface area contributed by atoms with Gasteiger partial charge in [0.25, 0.3) is 0 Å². The Morgan fingerprint density at radius 3 is 2.63 bits per heavy atom. The molecule has 0 radical (unpaired) electrons. The van der Waals surface area contributed by atoms with Gasteiger partial charge in [0, 0.05) is 32.7 Å². The Kier molecular flexibility index (Phi) is 9.30. The van der Waals surface area contributed by atoms with Crippen LogP contribution in [0.1, 0.15) is 32.6 Å². The van der Waals surface area contributed by atoms with Crippen LogP contribution >= 0.6 is 0 Å². The van der Waals surface area contributed by atoms with Gasteiger partial charge in [-0.3, -0.25) is 4.99 Å². The van der Waals surface area contributed by atoms with Crippen molar-refractivity contribution in [1.82, 2.24) is 15.5 Å². The monoisotopic (exact) mass is 376 g/mol. The van der Waals surface area contributed by atoms with E-state index in [0.717, 1.165) is 43.9 Å². The Morgan fingerprint density at radius 1 is 1.22 bits per heavy atom. The predicted molar refractivity (Wildman–Crippen MR) is 107 cm³/mol. The first-order valence-electron chi connectivity index (χ1n) is 9.79. The molecule has 1 amide bonds. The minimum Gasteiger partial charge on any atom is -0.494 e. The van der Waals surface area contributed by atoms with E-state index >= 15 is 0 Å². The van der Waals surface area contributed by atoms with Gasteiger partial charge in [-0.15, -0.1) is 0 Å². The molecule has 150 valence electrons. The molecule has 1 fully saturated rings. The van der Waals surface area contributed by atoms with Crippen LogP contribution in [-0.4, -0.2) is 62.9 Å². The van der Waals surface area contributed by atoms with Crippen LogP contribution in [0.15, 0.2) is 35.3 Å². The van der Waals surface area contributed by atoms with Crippen molar-refractivity contribution in [3.05, 3.63) is 30.3 Å². The number of unbranched alkanes of at least 4 members (excludes halogenated alkanes) is 1. The maximum atomic E-state index is 11.7. The highest BCUT2D eigenvalue weighted by atomic mass is 16.6. The number of carbonyl (C=O) groups excluding carboxylic acids is 1. The first-order chi connectivity index (χ1) is 13.2. The molecule has 2 rings (SSSR count). The quantitative estimate of drug-likeness (QED) is 0.414. The van der Waals surface area contributed by atoms with E-state index in [9.17, 15) is 4.79 Å². The van der Waals surface area contributed by atoms with E-state index in [1.807, 2.05) is 37.3 Å². The van der Waals surface area contributed by atoms with Crippen molar-refractivity contribution in [3.8, 4) is 5.75 Å². The average Bonchev–Trinajstić information content (AvgIpc) is 2.71. The molecule has 7 heteroatoms. The Labute approximate surface area is 162 Å². The highest BCUT2D eigenvalue weighted by Gasteiger charge is 2.23. The van der Waals surface area contributed by atoms with E-state index in [1.54, 1.807) is 11.9 Å². The molecule has 0 bridgehead atoms. The van der Waals surface area contributed by atoms with Gasteiger partial charge in [-0.1, -0.05) is 18.2 Å². The summed E-state index contributed by atoms with van der Waals surface area (Å²) in [4.78, 5) is 17.8. The van der Waals surface area contributed by atoms with E-state index in [0.29, 0.717) is 32.3 Å². The molecule has 1 aliphatic heterocycles. The third kappa shape index (κ3) is 7.76. The zero-order valence-electron chi connectivity index (χ0n) is 16.4. The lowest BCUT2D eigenvalue weighted by Crippen LogP contribution is -2.50. The van der Waals surface area contributed by atoms with Crippen molar-refractivity contribution in [2.24, 2.45) is 4.99 Å². The number of ether oxygens (including phenoxy) is 2. The number of hydrogen-bond donors (Lipinski definition) is 2. The fraction of sp³-hybridized carbons (Fsp3) is 0.600. The van der Waals surface area contributed by atoms with E-state index < -0.39 is 0 Å². The molecule has 1 saturated heterocycles. The van der Waals surface area contributed by atoms with Crippen LogP contribution in [0.5, 0.6) is 5.75 Å². The third-order valence-electron chi connectivity index (χ3n) is 4.46. The minimum absolute atomic E-state index is 0.212. The van der Waals surface area contributed by atoms with Gasteiger partial charge in [0.15, 0.2) is 5.96 Å². The second-order valence-corrected chi connectivity index (χ2v) is 6.47. The molecule has 1 aliphatic rings. The first kappa shape index (κ1) is 20.9. The highest BCUT2D eigenvalue weighted by Crippen LogP contribution is 2.11. The fourth-order valence-electron chi connectivity index (χ4n) is 2.95. The van der Waals surface area contributed by atoms with Crippen LogP contribution in [0, 0.1) is 0 Å². The normalized spacial score (nSPS) is 15.3. The van der Waals surface area contributed by atoms with Crippen LogP contribution < -0.4 is 15.4 Å². The summed E-state index contributed by atoms with van der Waals surface area (Å²) in [5, 5.41) is 6.79. The fourth-order valence-corrected chi connectivity index (χ4v) is 2.95. The molecule has 0 atom stereocenters. The lowest BCUT2D eigenvalue weighted by molar-refractivity contribution is 0.0963.